The number of fused-ring (bicyclic) bond motifs is 1. The number of anilines is 1. The van der Waals surface area contributed by atoms with Crippen LogP contribution in [0.1, 0.15) is 57.2 Å². The first-order chi connectivity index (χ1) is 16.3. The van der Waals surface area contributed by atoms with E-state index in [1.54, 1.807) is 0 Å². The van der Waals surface area contributed by atoms with Crippen LogP contribution in [0.25, 0.3) is 0 Å². The molecule has 2 heterocycles. The number of rotatable bonds is 8. The number of hydrogen-bond donors (Lipinski definition) is 1. The third-order valence-corrected chi connectivity index (χ3v) is 8.15. The molecule has 34 heavy (non-hydrogen) atoms. The van der Waals surface area contributed by atoms with Gasteiger partial charge in [0.15, 0.2) is 17.1 Å². The number of aryl methyl sites for hydroxylation is 3. The lowest BCUT2D eigenvalue weighted by Crippen LogP contribution is -2.16. The molecule has 1 aliphatic rings. The van der Waals surface area contributed by atoms with Crippen molar-refractivity contribution < 1.29 is 19.1 Å². The summed E-state index contributed by atoms with van der Waals surface area (Å²) in [5, 5.41) is 12.6. The zero-order chi connectivity index (χ0) is 24.4. The lowest BCUT2D eigenvalue weighted by Gasteiger charge is -2.15. The van der Waals surface area contributed by atoms with E-state index in [1.165, 1.54) is 35.8 Å². The third-order valence-electron chi connectivity index (χ3n) is 5.92. The molecule has 0 saturated heterocycles. The highest BCUT2D eigenvalue weighted by Crippen LogP contribution is 2.39. The Kier molecular flexibility index (Phi) is 7.27. The molecule has 8 nitrogen and oxygen atoms in total. The van der Waals surface area contributed by atoms with Crippen molar-refractivity contribution >= 4 is 40.0 Å². The number of esters is 1. The number of ether oxygens (including phenoxy) is 2. The average Bonchev–Trinajstić information content (AvgIpc) is 3.49. The van der Waals surface area contributed by atoms with Crippen LogP contribution in [0.5, 0.6) is 5.75 Å². The van der Waals surface area contributed by atoms with Crippen molar-refractivity contribution in [2.45, 2.75) is 51.3 Å². The number of thiophene rings is 1. The van der Waals surface area contributed by atoms with Crippen molar-refractivity contribution in [1.82, 2.24) is 14.8 Å². The summed E-state index contributed by atoms with van der Waals surface area (Å²) in [6, 6.07) is 5.98. The number of methoxy groups -OCH3 is 1. The minimum Gasteiger partial charge on any atom is -0.483 e. The summed E-state index contributed by atoms with van der Waals surface area (Å²) in [5.74, 6) is 0.971. The molecule has 4 rings (SSSR count). The van der Waals surface area contributed by atoms with Gasteiger partial charge in [0.05, 0.1) is 18.4 Å². The minimum absolute atomic E-state index is 0.140. The van der Waals surface area contributed by atoms with E-state index in [-0.39, 0.29) is 17.8 Å². The predicted octanol–water partition coefficient (Wildman–Crippen LogP) is 4.64. The Morgan fingerprint density at radius 3 is 2.76 bits per heavy atom. The zero-order valence-corrected chi connectivity index (χ0v) is 21.6. The van der Waals surface area contributed by atoms with Gasteiger partial charge in [-0.2, -0.15) is 0 Å². The molecule has 0 aliphatic heterocycles. The molecule has 1 amide bonds. The number of benzene rings is 1. The second kappa shape index (κ2) is 10.2. The van der Waals surface area contributed by atoms with Gasteiger partial charge in [-0.25, -0.2) is 4.79 Å². The van der Waals surface area contributed by atoms with Gasteiger partial charge in [0.25, 0.3) is 0 Å². The Labute approximate surface area is 207 Å². The Morgan fingerprint density at radius 2 is 2.03 bits per heavy atom. The van der Waals surface area contributed by atoms with Crippen molar-refractivity contribution in [2.24, 2.45) is 7.05 Å². The maximum Gasteiger partial charge on any atom is 0.341 e. The number of nitrogens with one attached hydrogen (secondary N) is 1. The van der Waals surface area contributed by atoms with Gasteiger partial charge in [-0.05, 0) is 68.9 Å². The molecule has 180 valence electrons. The highest BCUT2D eigenvalue weighted by atomic mass is 32.2. The molecule has 0 spiro atoms. The first-order valence-electron chi connectivity index (χ1n) is 11.1. The van der Waals surface area contributed by atoms with Gasteiger partial charge >= 0.3 is 5.97 Å². The fraction of sp³-hybridized carbons (Fsp3) is 0.417. The summed E-state index contributed by atoms with van der Waals surface area (Å²) in [7, 11) is 3.22. The van der Waals surface area contributed by atoms with Gasteiger partial charge in [0.2, 0.25) is 5.91 Å². The van der Waals surface area contributed by atoms with E-state index >= 15 is 0 Å². The fourth-order valence-electron chi connectivity index (χ4n) is 3.95. The second-order valence-electron chi connectivity index (χ2n) is 8.30. The van der Waals surface area contributed by atoms with Crippen LogP contribution in [0.4, 0.5) is 5.00 Å². The Balaban J connectivity index is 1.39. The Morgan fingerprint density at radius 1 is 1.24 bits per heavy atom. The molecule has 3 aromatic rings. The van der Waals surface area contributed by atoms with Crippen LogP contribution in [-0.4, -0.2) is 39.5 Å². The Bertz CT molecular complexity index is 1230. The highest BCUT2D eigenvalue weighted by Gasteiger charge is 2.28. The molecule has 0 fully saturated rings. The van der Waals surface area contributed by atoms with Crippen molar-refractivity contribution in [3.05, 3.63) is 51.2 Å². The normalized spacial score (nSPS) is 13.4. The largest absolute Gasteiger partial charge is 0.483 e. The molecule has 1 atom stereocenters. The Hall–Kier alpha value is -2.85. The lowest BCUT2D eigenvalue weighted by atomic mass is 10.1. The van der Waals surface area contributed by atoms with Gasteiger partial charge in [-0.1, -0.05) is 17.8 Å². The number of amides is 1. The molecule has 1 unspecified atom stereocenters. The molecule has 0 bridgehead atoms. The summed E-state index contributed by atoms with van der Waals surface area (Å²) in [6.07, 6.45) is 2.48. The van der Waals surface area contributed by atoms with Crippen molar-refractivity contribution in [3.8, 4) is 5.75 Å². The van der Waals surface area contributed by atoms with Gasteiger partial charge in [0, 0.05) is 11.9 Å². The molecule has 0 saturated carbocycles. The number of carbonyl (C=O) groups excluding carboxylic acids is 2. The number of aromatic nitrogens is 3. The smallest absolute Gasteiger partial charge is 0.341 e. The van der Waals surface area contributed by atoms with Crippen LogP contribution in [-0.2, 0) is 29.4 Å². The van der Waals surface area contributed by atoms with Gasteiger partial charge < -0.3 is 19.4 Å². The average molecular weight is 501 g/mol. The number of nitrogens with zero attached hydrogens (tertiary/aromatic N) is 3. The van der Waals surface area contributed by atoms with E-state index in [0.717, 1.165) is 41.0 Å². The highest BCUT2D eigenvalue weighted by molar-refractivity contribution is 7.99. The van der Waals surface area contributed by atoms with Crippen molar-refractivity contribution in [1.29, 1.82) is 0 Å². The lowest BCUT2D eigenvalue weighted by molar-refractivity contribution is -0.113. The van der Waals surface area contributed by atoms with Crippen LogP contribution in [0.15, 0.2) is 23.4 Å². The van der Waals surface area contributed by atoms with Crippen LogP contribution < -0.4 is 10.1 Å². The van der Waals surface area contributed by atoms with E-state index in [2.05, 4.69) is 22.4 Å². The third kappa shape index (κ3) is 4.97. The van der Waals surface area contributed by atoms with E-state index in [1.807, 2.05) is 43.7 Å². The quantitative estimate of drug-likeness (QED) is 0.356. The number of carbonyl (C=O) groups is 2. The molecule has 1 N–H and O–H groups in total. The van der Waals surface area contributed by atoms with Gasteiger partial charge in [-0.15, -0.1) is 21.5 Å². The van der Waals surface area contributed by atoms with E-state index < -0.39 is 5.97 Å². The summed E-state index contributed by atoms with van der Waals surface area (Å²) >= 11 is 2.75. The first-order valence-corrected chi connectivity index (χ1v) is 12.9. The van der Waals surface area contributed by atoms with E-state index in [9.17, 15) is 9.59 Å². The standard InChI is InChI=1S/C24H28N4O4S2/c1-13-9-10-16(11-14(13)2)32-15(3)21-26-27-24(28(21)4)33-12-19(29)25-22-20(23(30)31-5)17-7-6-8-18(17)34-22/h9-11,15H,6-8,12H2,1-5H3,(H,25,29). The summed E-state index contributed by atoms with van der Waals surface area (Å²) in [6.45, 7) is 6.03. The molecular formula is C24H28N4O4S2. The molecular weight excluding hydrogens is 472 g/mol. The number of hydrogen-bond acceptors (Lipinski definition) is 8. The number of thioether (sulfide) groups is 1. The van der Waals surface area contributed by atoms with E-state index in [0.29, 0.717) is 21.5 Å². The summed E-state index contributed by atoms with van der Waals surface area (Å²) in [4.78, 5) is 26.1. The zero-order valence-electron chi connectivity index (χ0n) is 19.9. The first kappa shape index (κ1) is 24.3. The maximum atomic E-state index is 12.7. The van der Waals surface area contributed by atoms with Crippen molar-refractivity contribution in [2.75, 3.05) is 18.2 Å². The fourth-order valence-corrected chi connectivity index (χ4v) is 5.96. The van der Waals surface area contributed by atoms with Gasteiger partial charge in [-0.3, -0.25) is 4.79 Å². The van der Waals surface area contributed by atoms with E-state index in [4.69, 9.17) is 9.47 Å². The molecule has 10 heteroatoms. The van der Waals surface area contributed by atoms with Gasteiger partial charge in [0.1, 0.15) is 10.8 Å². The topological polar surface area (TPSA) is 95.3 Å². The molecule has 1 aromatic carbocycles. The monoisotopic (exact) mass is 500 g/mol. The molecule has 1 aliphatic carbocycles. The molecule has 0 radical (unpaired) electrons. The van der Waals surface area contributed by atoms with Crippen molar-refractivity contribution in [3.63, 3.8) is 0 Å². The SMILES string of the molecule is COC(=O)c1c(NC(=O)CSc2nnc(C(C)Oc3ccc(C)c(C)c3)n2C)sc2c1CCC2. The van der Waals surface area contributed by atoms with Crippen LogP contribution in [0, 0.1) is 13.8 Å². The predicted molar refractivity (Wildman–Crippen MR) is 133 cm³/mol. The maximum absolute atomic E-state index is 12.7. The minimum atomic E-state index is -0.405. The van der Waals surface area contributed by atoms with Crippen LogP contribution in [0.3, 0.4) is 0 Å². The van der Waals surface area contributed by atoms with Crippen LogP contribution in [0.2, 0.25) is 0 Å². The van der Waals surface area contributed by atoms with Crippen LogP contribution >= 0.6 is 23.1 Å². The summed E-state index contributed by atoms with van der Waals surface area (Å²) in [5.41, 5.74) is 3.88. The second-order valence-corrected chi connectivity index (χ2v) is 10.3. The summed E-state index contributed by atoms with van der Waals surface area (Å²) < 4.78 is 12.8. The molecule has 2 aromatic heterocycles.